The van der Waals surface area contributed by atoms with Gasteiger partial charge in [-0.25, -0.2) is 4.39 Å². The maximum atomic E-state index is 13.8. The average molecular weight is 237 g/mol. The summed E-state index contributed by atoms with van der Waals surface area (Å²) in [6.07, 6.45) is 3.18. The number of carbonyl (C=O) groups excluding carboxylic acids is 1. The summed E-state index contributed by atoms with van der Waals surface area (Å²) in [5.74, 6) is -0.782. The third-order valence-corrected chi connectivity index (χ3v) is 3.20. The molecule has 1 atom stereocenters. The Morgan fingerprint density at radius 2 is 2.12 bits per heavy atom. The van der Waals surface area contributed by atoms with E-state index in [0.29, 0.717) is 5.56 Å². The highest BCUT2D eigenvalue weighted by molar-refractivity contribution is 5.75. The monoisotopic (exact) mass is 237 g/mol. The number of halogens is 1. The number of carbonyl (C=O) groups is 1. The molecule has 0 spiro atoms. The maximum absolute atomic E-state index is 13.8. The minimum atomic E-state index is -0.797. The number of hydrogen-bond acceptors (Lipinski definition) is 3. The first-order valence-electron chi connectivity index (χ1n) is 5.75. The van der Waals surface area contributed by atoms with Crippen LogP contribution in [-0.2, 0) is 28.8 Å². The highest BCUT2D eigenvalue weighted by atomic mass is 19.1. The quantitative estimate of drug-likeness (QED) is 0.807. The number of nitrogens with two attached hydrogens (primary N) is 1. The summed E-state index contributed by atoms with van der Waals surface area (Å²) >= 11 is 0. The van der Waals surface area contributed by atoms with Crippen LogP contribution in [0.5, 0.6) is 0 Å². The van der Waals surface area contributed by atoms with E-state index in [1.165, 1.54) is 12.7 Å². The molecule has 0 amide bonds. The fourth-order valence-corrected chi connectivity index (χ4v) is 2.27. The van der Waals surface area contributed by atoms with Crippen LogP contribution in [0.1, 0.15) is 23.1 Å². The number of methoxy groups -OCH3 is 1. The Kier molecular flexibility index (Phi) is 3.43. The predicted molar refractivity (Wildman–Crippen MR) is 62.1 cm³/mol. The van der Waals surface area contributed by atoms with Crippen molar-refractivity contribution in [2.75, 3.05) is 7.11 Å². The van der Waals surface area contributed by atoms with Gasteiger partial charge in [-0.1, -0.05) is 6.07 Å². The summed E-state index contributed by atoms with van der Waals surface area (Å²) in [5, 5.41) is 0. The van der Waals surface area contributed by atoms with Gasteiger partial charge in [-0.05, 0) is 42.0 Å². The van der Waals surface area contributed by atoms with Gasteiger partial charge in [0.1, 0.15) is 11.9 Å². The molecule has 0 saturated heterocycles. The van der Waals surface area contributed by atoms with Crippen LogP contribution in [0, 0.1) is 5.82 Å². The molecule has 1 aromatic rings. The molecule has 2 N–H and O–H groups in total. The van der Waals surface area contributed by atoms with Crippen LogP contribution in [0.3, 0.4) is 0 Å². The second-order valence-corrected chi connectivity index (χ2v) is 4.40. The molecule has 0 aromatic heterocycles. The van der Waals surface area contributed by atoms with Gasteiger partial charge in [0.15, 0.2) is 0 Å². The van der Waals surface area contributed by atoms with E-state index in [-0.39, 0.29) is 12.2 Å². The fourth-order valence-electron chi connectivity index (χ4n) is 2.27. The van der Waals surface area contributed by atoms with Crippen LogP contribution in [0.2, 0.25) is 0 Å². The molecule has 3 nitrogen and oxygen atoms in total. The molecule has 2 rings (SSSR count). The van der Waals surface area contributed by atoms with Crippen LogP contribution >= 0.6 is 0 Å². The van der Waals surface area contributed by atoms with Crippen LogP contribution in [0.15, 0.2) is 12.1 Å². The lowest BCUT2D eigenvalue weighted by Gasteiger charge is -2.11. The summed E-state index contributed by atoms with van der Waals surface area (Å²) in [7, 11) is 1.28. The Balaban J connectivity index is 2.19. The molecule has 1 aliphatic rings. The summed E-state index contributed by atoms with van der Waals surface area (Å²) in [5.41, 5.74) is 8.40. The van der Waals surface area contributed by atoms with Gasteiger partial charge in [-0.2, -0.15) is 0 Å². The zero-order chi connectivity index (χ0) is 12.4. The van der Waals surface area contributed by atoms with E-state index in [4.69, 9.17) is 5.73 Å². The van der Waals surface area contributed by atoms with Crippen LogP contribution in [0.4, 0.5) is 4.39 Å². The third kappa shape index (κ3) is 2.47. The maximum Gasteiger partial charge on any atom is 0.322 e. The number of ether oxygens (including phenoxy) is 1. The van der Waals surface area contributed by atoms with Gasteiger partial charge in [0.2, 0.25) is 0 Å². The molecule has 4 heteroatoms. The van der Waals surface area contributed by atoms with Crippen molar-refractivity contribution in [3.8, 4) is 0 Å². The molecule has 0 fully saturated rings. The van der Waals surface area contributed by atoms with Crippen molar-refractivity contribution in [3.05, 3.63) is 34.6 Å². The summed E-state index contributed by atoms with van der Waals surface area (Å²) in [6, 6.07) is 2.61. The van der Waals surface area contributed by atoms with Crippen LogP contribution in [-0.4, -0.2) is 19.1 Å². The molecule has 92 valence electrons. The van der Waals surface area contributed by atoms with E-state index in [2.05, 4.69) is 4.74 Å². The topological polar surface area (TPSA) is 52.3 Å². The molecule has 1 aliphatic carbocycles. The van der Waals surface area contributed by atoms with Gasteiger partial charge in [0.05, 0.1) is 7.11 Å². The number of esters is 1. The highest BCUT2D eigenvalue weighted by Gasteiger charge is 2.19. The van der Waals surface area contributed by atoms with Gasteiger partial charge < -0.3 is 10.5 Å². The Labute approximate surface area is 99.8 Å². The first-order valence-corrected chi connectivity index (χ1v) is 5.75. The van der Waals surface area contributed by atoms with Gasteiger partial charge in [0, 0.05) is 6.42 Å². The van der Waals surface area contributed by atoms with E-state index in [9.17, 15) is 9.18 Å². The molecular formula is C13H16FNO2. The SMILES string of the molecule is COC(=O)[C@@H](N)Cc1cc2c(cc1F)CCC2. The molecule has 0 heterocycles. The van der Waals surface area contributed by atoms with Crippen molar-refractivity contribution in [1.29, 1.82) is 0 Å². The average Bonchev–Trinajstić information content (AvgIpc) is 2.75. The molecule has 0 aliphatic heterocycles. The van der Waals surface area contributed by atoms with Crippen molar-refractivity contribution in [3.63, 3.8) is 0 Å². The van der Waals surface area contributed by atoms with Gasteiger partial charge in [-0.3, -0.25) is 4.79 Å². The zero-order valence-corrected chi connectivity index (χ0v) is 9.83. The first-order chi connectivity index (χ1) is 8.11. The lowest BCUT2D eigenvalue weighted by atomic mass is 10.0. The Morgan fingerprint density at radius 3 is 2.76 bits per heavy atom. The minimum absolute atomic E-state index is 0.186. The standard InChI is InChI=1S/C13H16FNO2/c1-17-13(16)12(15)7-10-5-8-3-2-4-9(8)6-11(10)14/h5-6,12H,2-4,7,15H2,1H3/t12-/m0/s1. The van der Waals surface area contributed by atoms with E-state index in [0.717, 1.165) is 24.8 Å². The predicted octanol–water partition coefficient (Wildman–Crippen LogP) is 1.36. The molecule has 0 bridgehead atoms. The summed E-state index contributed by atoms with van der Waals surface area (Å²) < 4.78 is 18.3. The van der Waals surface area contributed by atoms with Crippen LogP contribution < -0.4 is 5.73 Å². The fraction of sp³-hybridized carbons (Fsp3) is 0.462. The Morgan fingerprint density at radius 1 is 1.47 bits per heavy atom. The molecule has 17 heavy (non-hydrogen) atoms. The third-order valence-electron chi connectivity index (χ3n) is 3.20. The smallest absolute Gasteiger partial charge is 0.322 e. The number of benzene rings is 1. The van der Waals surface area contributed by atoms with Crippen molar-refractivity contribution < 1.29 is 13.9 Å². The number of rotatable bonds is 3. The molecule has 1 aromatic carbocycles. The van der Waals surface area contributed by atoms with E-state index in [1.807, 2.05) is 6.07 Å². The lowest BCUT2D eigenvalue weighted by molar-refractivity contribution is -0.142. The second-order valence-electron chi connectivity index (χ2n) is 4.40. The van der Waals surface area contributed by atoms with Crippen molar-refractivity contribution >= 4 is 5.97 Å². The second kappa shape index (κ2) is 4.84. The zero-order valence-electron chi connectivity index (χ0n) is 9.83. The lowest BCUT2D eigenvalue weighted by Crippen LogP contribution is -2.34. The van der Waals surface area contributed by atoms with Gasteiger partial charge in [-0.15, -0.1) is 0 Å². The van der Waals surface area contributed by atoms with Crippen LogP contribution in [0.25, 0.3) is 0 Å². The number of aryl methyl sites for hydroxylation is 2. The number of fused-ring (bicyclic) bond motifs is 1. The molecule has 0 radical (unpaired) electrons. The first kappa shape index (κ1) is 12.0. The normalized spacial score (nSPS) is 15.5. The Bertz CT molecular complexity index is 445. The Hall–Kier alpha value is -1.42. The van der Waals surface area contributed by atoms with Gasteiger partial charge in [0.25, 0.3) is 0 Å². The largest absolute Gasteiger partial charge is 0.468 e. The van der Waals surface area contributed by atoms with E-state index in [1.54, 1.807) is 6.07 Å². The molecule has 0 unspecified atom stereocenters. The highest BCUT2D eigenvalue weighted by Crippen LogP contribution is 2.25. The number of hydrogen-bond donors (Lipinski definition) is 1. The summed E-state index contributed by atoms with van der Waals surface area (Å²) in [6.45, 7) is 0. The van der Waals surface area contributed by atoms with Crippen molar-refractivity contribution in [2.24, 2.45) is 5.73 Å². The van der Waals surface area contributed by atoms with Crippen molar-refractivity contribution in [2.45, 2.75) is 31.7 Å². The van der Waals surface area contributed by atoms with Crippen molar-refractivity contribution in [1.82, 2.24) is 0 Å². The van der Waals surface area contributed by atoms with E-state index < -0.39 is 12.0 Å². The van der Waals surface area contributed by atoms with E-state index >= 15 is 0 Å². The van der Waals surface area contributed by atoms with Gasteiger partial charge >= 0.3 is 5.97 Å². The minimum Gasteiger partial charge on any atom is -0.468 e. The molecular weight excluding hydrogens is 221 g/mol. The summed E-state index contributed by atoms with van der Waals surface area (Å²) in [4.78, 5) is 11.2. The molecule has 0 saturated carbocycles.